The van der Waals surface area contributed by atoms with Gasteiger partial charge in [0, 0.05) is 35.1 Å². The molecule has 0 N–H and O–H groups in total. The first kappa shape index (κ1) is 16.2. The molecule has 2 aromatic carbocycles. The zero-order valence-corrected chi connectivity index (χ0v) is 14.9. The molecule has 2 heterocycles. The molecule has 130 valence electrons. The Morgan fingerprint density at radius 3 is 2.46 bits per heavy atom. The standard InChI is InChI=1S/C20H19N5O/c1-13(2)25-18-9-8-14(10-17(18)23-24-25)20-21-11-15(12-22-20)16-6-4-5-7-19(16)26-3/h4-13H,1-3H3. The van der Waals surface area contributed by atoms with Gasteiger partial charge in [-0.3, -0.25) is 0 Å². The summed E-state index contributed by atoms with van der Waals surface area (Å²) in [6.07, 6.45) is 3.63. The van der Waals surface area contributed by atoms with Crippen molar-refractivity contribution in [2.24, 2.45) is 0 Å². The third-order valence-electron chi connectivity index (χ3n) is 4.29. The van der Waals surface area contributed by atoms with E-state index in [1.54, 1.807) is 7.11 Å². The number of methoxy groups -OCH3 is 1. The minimum Gasteiger partial charge on any atom is -0.496 e. The van der Waals surface area contributed by atoms with E-state index in [-0.39, 0.29) is 6.04 Å². The lowest BCUT2D eigenvalue weighted by molar-refractivity contribution is 0.416. The van der Waals surface area contributed by atoms with E-state index in [4.69, 9.17) is 4.74 Å². The Morgan fingerprint density at radius 2 is 1.73 bits per heavy atom. The first-order valence-corrected chi connectivity index (χ1v) is 8.48. The molecular formula is C20H19N5O. The van der Waals surface area contributed by atoms with Crippen molar-refractivity contribution in [1.29, 1.82) is 0 Å². The Balaban J connectivity index is 1.70. The Hall–Kier alpha value is -3.28. The second-order valence-electron chi connectivity index (χ2n) is 6.33. The van der Waals surface area contributed by atoms with Crippen LogP contribution in [0.4, 0.5) is 0 Å². The molecule has 0 spiro atoms. The van der Waals surface area contributed by atoms with Crippen molar-refractivity contribution >= 4 is 11.0 Å². The monoisotopic (exact) mass is 345 g/mol. The lowest BCUT2D eigenvalue weighted by Crippen LogP contribution is -2.02. The quantitative estimate of drug-likeness (QED) is 0.556. The number of benzene rings is 2. The molecular weight excluding hydrogens is 326 g/mol. The van der Waals surface area contributed by atoms with Crippen LogP contribution in [-0.4, -0.2) is 32.1 Å². The molecule has 4 rings (SSSR count). The van der Waals surface area contributed by atoms with Gasteiger partial charge in [0.15, 0.2) is 5.82 Å². The molecule has 0 atom stereocenters. The molecule has 0 aliphatic heterocycles. The van der Waals surface area contributed by atoms with Gasteiger partial charge in [0.2, 0.25) is 0 Å². The van der Waals surface area contributed by atoms with Crippen LogP contribution < -0.4 is 4.74 Å². The van der Waals surface area contributed by atoms with E-state index >= 15 is 0 Å². The van der Waals surface area contributed by atoms with E-state index in [1.165, 1.54) is 0 Å². The average molecular weight is 345 g/mol. The average Bonchev–Trinajstić information content (AvgIpc) is 3.11. The molecule has 2 aromatic heterocycles. The van der Waals surface area contributed by atoms with Crippen LogP contribution in [0, 0.1) is 0 Å². The van der Waals surface area contributed by atoms with Gasteiger partial charge < -0.3 is 4.74 Å². The molecule has 0 radical (unpaired) electrons. The molecule has 6 heteroatoms. The Bertz CT molecular complexity index is 1050. The summed E-state index contributed by atoms with van der Waals surface area (Å²) in [5.74, 6) is 1.46. The van der Waals surface area contributed by atoms with Crippen LogP contribution in [0.25, 0.3) is 33.5 Å². The Morgan fingerprint density at radius 1 is 0.962 bits per heavy atom. The number of nitrogens with zero attached hydrogens (tertiary/aromatic N) is 5. The van der Waals surface area contributed by atoms with E-state index in [0.717, 1.165) is 33.5 Å². The highest BCUT2D eigenvalue weighted by Gasteiger charge is 2.11. The largest absolute Gasteiger partial charge is 0.496 e. The summed E-state index contributed by atoms with van der Waals surface area (Å²) in [5, 5.41) is 8.47. The fourth-order valence-electron chi connectivity index (χ4n) is 2.96. The minimum atomic E-state index is 0.266. The van der Waals surface area contributed by atoms with Gasteiger partial charge in [0.25, 0.3) is 0 Å². The van der Waals surface area contributed by atoms with Gasteiger partial charge in [-0.1, -0.05) is 23.4 Å². The number of fused-ring (bicyclic) bond motifs is 1. The van der Waals surface area contributed by atoms with E-state index < -0.39 is 0 Å². The number of hydrogen-bond acceptors (Lipinski definition) is 5. The summed E-state index contributed by atoms with van der Waals surface area (Å²) in [4.78, 5) is 9.06. The zero-order valence-electron chi connectivity index (χ0n) is 14.9. The molecule has 0 aliphatic carbocycles. The smallest absolute Gasteiger partial charge is 0.159 e. The SMILES string of the molecule is COc1ccccc1-c1cnc(-c2ccc3c(c2)nnn3C(C)C)nc1. The van der Waals surface area contributed by atoms with Gasteiger partial charge in [-0.25, -0.2) is 14.6 Å². The Labute approximate surface area is 151 Å². The van der Waals surface area contributed by atoms with E-state index in [9.17, 15) is 0 Å². The van der Waals surface area contributed by atoms with Gasteiger partial charge in [-0.2, -0.15) is 0 Å². The number of hydrogen-bond donors (Lipinski definition) is 0. The second kappa shape index (κ2) is 6.55. The highest BCUT2D eigenvalue weighted by Crippen LogP contribution is 2.29. The number of rotatable bonds is 4. The molecule has 4 aromatic rings. The molecule has 26 heavy (non-hydrogen) atoms. The molecule has 0 saturated heterocycles. The zero-order chi connectivity index (χ0) is 18.1. The van der Waals surface area contributed by atoms with Crippen LogP contribution in [0.15, 0.2) is 54.9 Å². The third kappa shape index (κ3) is 2.79. The van der Waals surface area contributed by atoms with Crippen molar-refractivity contribution in [2.45, 2.75) is 19.9 Å². The predicted octanol–water partition coefficient (Wildman–Crippen LogP) is 4.14. The predicted molar refractivity (Wildman–Crippen MR) is 101 cm³/mol. The van der Waals surface area contributed by atoms with Crippen LogP contribution >= 0.6 is 0 Å². The van der Waals surface area contributed by atoms with Crippen molar-refractivity contribution < 1.29 is 4.74 Å². The van der Waals surface area contributed by atoms with E-state index in [0.29, 0.717) is 5.82 Å². The Kier molecular flexibility index (Phi) is 4.08. The first-order chi connectivity index (χ1) is 12.7. The van der Waals surface area contributed by atoms with Crippen LogP contribution in [0.2, 0.25) is 0 Å². The molecule has 0 aliphatic rings. The number of ether oxygens (including phenoxy) is 1. The number of aromatic nitrogens is 5. The van der Waals surface area contributed by atoms with Crippen LogP contribution in [0.3, 0.4) is 0 Å². The molecule has 6 nitrogen and oxygen atoms in total. The highest BCUT2D eigenvalue weighted by atomic mass is 16.5. The fraction of sp³-hybridized carbons (Fsp3) is 0.200. The summed E-state index contributed by atoms with van der Waals surface area (Å²) in [6.45, 7) is 4.17. The summed E-state index contributed by atoms with van der Waals surface area (Å²) < 4.78 is 7.32. The highest BCUT2D eigenvalue weighted by molar-refractivity contribution is 5.80. The van der Waals surface area contributed by atoms with Crippen molar-refractivity contribution in [2.75, 3.05) is 7.11 Å². The van der Waals surface area contributed by atoms with Gasteiger partial charge in [-0.05, 0) is 38.1 Å². The normalized spacial score (nSPS) is 11.2. The van der Waals surface area contributed by atoms with Crippen LogP contribution in [0.1, 0.15) is 19.9 Å². The van der Waals surface area contributed by atoms with Crippen LogP contribution in [0.5, 0.6) is 5.75 Å². The molecule has 0 amide bonds. The molecule has 0 saturated carbocycles. The van der Waals surface area contributed by atoms with Crippen molar-refractivity contribution in [3.8, 4) is 28.3 Å². The van der Waals surface area contributed by atoms with Gasteiger partial charge in [0.1, 0.15) is 11.3 Å². The summed E-state index contributed by atoms with van der Waals surface area (Å²) >= 11 is 0. The molecule has 0 unspecified atom stereocenters. The van der Waals surface area contributed by atoms with Crippen molar-refractivity contribution in [1.82, 2.24) is 25.0 Å². The third-order valence-corrected chi connectivity index (χ3v) is 4.29. The maximum Gasteiger partial charge on any atom is 0.159 e. The maximum atomic E-state index is 5.41. The van der Waals surface area contributed by atoms with Crippen LogP contribution in [-0.2, 0) is 0 Å². The summed E-state index contributed by atoms with van der Waals surface area (Å²) in [7, 11) is 1.66. The van der Waals surface area contributed by atoms with Gasteiger partial charge in [-0.15, -0.1) is 5.10 Å². The maximum absolute atomic E-state index is 5.41. The summed E-state index contributed by atoms with van der Waals surface area (Å²) in [6, 6.07) is 14.1. The van der Waals surface area contributed by atoms with Gasteiger partial charge in [0.05, 0.1) is 12.6 Å². The van der Waals surface area contributed by atoms with Crippen molar-refractivity contribution in [3.63, 3.8) is 0 Å². The van der Waals surface area contributed by atoms with Gasteiger partial charge >= 0.3 is 0 Å². The minimum absolute atomic E-state index is 0.266. The van der Waals surface area contributed by atoms with E-state index in [2.05, 4.69) is 34.1 Å². The number of para-hydroxylation sites is 1. The second-order valence-corrected chi connectivity index (χ2v) is 6.33. The topological polar surface area (TPSA) is 65.7 Å². The fourth-order valence-corrected chi connectivity index (χ4v) is 2.96. The summed E-state index contributed by atoms with van der Waals surface area (Å²) in [5.41, 5.74) is 4.65. The lowest BCUT2D eigenvalue weighted by atomic mass is 10.1. The van der Waals surface area contributed by atoms with Crippen molar-refractivity contribution in [3.05, 3.63) is 54.9 Å². The van der Waals surface area contributed by atoms with E-state index in [1.807, 2.05) is 59.5 Å². The molecule has 0 fully saturated rings. The first-order valence-electron chi connectivity index (χ1n) is 8.48. The molecule has 0 bridgehead atoms. The lowest BCUT2D eigenvalue weighted by Gasteiger charge is -2.08.